The van der Waals surface area contributed by atoms with E-state index in [1.165, 1.54) is 22.3 Å². The summed E-state index contributed by atoms with van der Waals surface area (Å²) in [6, 6.07) is 19.6. The maximum absolute atomic E-state index is 13.1. The molecule has 6 aromatic rings. The van der Waals surface area contributed by atoms with Gasteiger partial charge >= 0.3 is 0 Å². The molecule has 0 fully saturated rings. The number of rotatable bonds is 4. The Labute approximate surface area is 198 Å². The maximum atomic E-state index is 13.1. The molecule has 0 aliphatic carbocycles. The lowest BCUT2D eigenvalue weighted by Gasteiger charge is -1.98. The first-order valence-corrected chi connectivity index (χ1v) is 11.6. The van der Waals surface area contributed by atoms with Gasteiger partial charge in [-0.05, 0) is 43.7 Å². The van der Waals surface area contributed by atoms with E-state index >= 15 is 0 Å². The van der Waals surface area contributed by atoms with Crippen molar-refractivity contribution >= 4 is 38.7 Å². The largest absolute Gasteiger partial charge is 0.454 e. The van der Waals surface area contributed by atoms with Crippen molar-refractivity contribution in [3.8, 4) is 17.1 Å². The number of furan rings is 1. The minimum absolute atomic E-state index is 0.191. The Hall–Kier alpha value is -4.30. The first kappa shape index (κ1) is 20.3. The molecular formula is C26H19N5O2S. The van der Waals surface area contributed by atoms with Gasteiger partial charge in [-0.1, -0.05) is 36.4 Å². The fourth-order valence-corrected chi connectivity index (χ4v) is 4.90. The molecule has 0 saturated heterocycles. The summed E-state index contributed by atoms with van der Waals surface area (Å²) in [5.41, 5.74) is 3.79. The second-order valence-electron chi connectivity index (χ2n) is 7.96. The van der Waals surface area contributed by atoms with Crippen LogP contribution in [0.2, 0.25) is 0 Å². The third-order valence-electron chi connectivity index (χ3n) is 5.82. The van der Waals surface area contributed by atoms with Crippen molar-refractivity contribution in [2.75, 3.05) is 0 Å². The summed E-state index contributed by atoms with van der Waals surface area (Å²) in [7, 11) is 0. The van der Waals surface area contributed by atoms with Crippen molar-refractivity contribution in [3.63, 3.8) is 0 Å². The smallest absolute Gasteiger partial charge is 0.282 e. The lowest BCUT2D eigenvalue weighted by Crippen LogP contribution is -2.17. The van der Waals surface area contributed by atoms with Gasteiger partial charge in [0.15, 0.2) is 5.76 Å². The summed E-state index contributed by atoms with van der Waals surface area (Å²) in [6.45, 7) is 3.93. The lowest BCUT2D eigenvalue weighted by atomic mass is 10.2. The zero-order valence-corrected chi connectivity index (χ0v) is 19.3. The van der Waals surface area contributed by atoms with Crippen LogP contribution in [0.3, 0.4) is 0 Å². The lowest BCUT2D eigenvalue weighted by molar-refractivity contribution is 0.627. The molecule has 0 unspecified atom stereocenters. The molecule has 0 saturated carbocycles. The number of thiophene rings is 1. The Bertz CT molecular complexity index is 1720. The number of hydrogen-bond donors (Lipinski definition) is 0. The number of nitrogens with zero attached hydrogens (tertiary/aromatic N) is 5. The van der Waals surface area contributed by atoms with Gasteiger partial charge in [-0.15, -0.1) is 11.3 Å². The van der Waals surface area contributed by atoms with Gasteiger partial charge < -0.3 is 4.42 Å². The first-order chi connectivity index (χ1) is 16.6. The molecule has 0 spiro atoms. The van der Waals surface area contributed by atoms with E-state index in [9.17, 15) is 4.79 Å². The van der Waals surface area contributed by atoms with Gasteiger partial charge in [-0.25, -0.2) is 9.67 Å². The van der Waals surface area contributed by atoms with Crippen molar-refractivity contribution in [3.05, 3.63) is 99.5 Å². The zero-order valence-electron chi connectivity index (χ0n) is 18.5. The third-order valence-corrected chi connectivity index (χ3v) is 6.93. The molecule has 7 nitrogen and oxygen atoms in total. The molecule has 34 heavy (non-hydrogen) atoms. The molecule has 0 aliphatic rings. The molecular weight excluding hydrogens is 446 g/mol. The molecule has 0 bridgehead atoms. The van der Waals surface area contributed by atoms with E-state index < -0.39 is 0 Å². The van der Waals surface area contributed by atoms with Crippen LogP contribution in [0.1, 0.15) is 16.0 Å². The van der Waals surface area contributed by atoms with Crippen molar-refractivity contribution in [1.82, 2.24) is 19.4 Å². The van der Waals surface area contributed by atoms with Crippen molar-refractivity contribution in [1.29, 1.82) is 0 Å². The summed E-state index contributed by atoms with van der Waals surface area (Å²) in [6.07, 6.45) is 4.95. The molecule has 0 atom stereocenters. The van der Waals surface area contributed by atoms with E-state index in [1.54, 1.807) is 10.9 Å². The number of fused-ring (bicyclic) bond motifs is 2. The third kappa shape index (κ3) is 3.36. The standard InChI is InChI=1S/C26H19N5O2S/c1-16-17(2)34-25-23(16)26(32)31(15-27-25)28-13-19-14-30(20-9-4-3-5-10-20)29-24(19)22-12-18-8-6-7-11-21(18)33-22/h3-15H,1-2H3/b28-13+. The van der Waals surface area contributed by atoms with Gasteiger partial charge in [0, 0.05) is 22.0 Å². The Morgan fingerprint density at radius 2 is 1.85 bits per heavy atom. The highest BCUT2D eigenvalue weighted by molar-refractivity contribution is 7.18. The average Bonchev–Trinajstić information content (AvgIpc) is 3.55. The van der Waals surface area contributed by atoms with Crippen LogP contribution in [-0.4, -0.2) is 25.7 Å². The summed E-state index contributed by atoms with van der Waals surface area (Å²) < 4.78 is 9.12. The number of aryl methyl sites for hydroxylation is 2. The Morgan fingerprint density at radius 1 is 1.06 bits per heavy atom. The number of hydrogen-bond acceptors (Lipinski definition) is 6. The molecule has 6 rings (SSSR count). The summed E-state index contributed by atoms with van der Waals surface area (Å²) >= 11 is 1.52. The molecule has 166 valence electrons. The van der Waals surface area contributed by atoms with Crippen LogP contribution in [-0.2, 0) is 0 Å². The van der Waals surface area contributed by atoms with Gasteiger partial charge in [0.05, 0.1) is 17.3 Å². The van der Waals surface area contributed by atoms with Gasteiger partial charge in [-0.3, -0.25) is 4.79 Å². The molecule has 0 amide bonds. The number of benzene rings is 2. The molecule has 0 aliphatic heterocycles. The topological polar surface area (TPSA) is 78.2 Å². The van der Waals surface area contributed by atoms with Crippen LogP contribution in [0.25, 0.3) is 38.3 Å². The molecule has 4 aromatic heterocycles. The summed E-state index contributed by atoms with van der Waals surface area (Å²) in [4.78, 5) is 19.3. The molecule has 2 aromatic carbocycles. The van der Waals surface area contributed by atoms with E-state index in [1.807, 2.05) is 80.7 Å². The van der Waals surface area contributed by atoms with Crippen LogP contribution >= 0.6 is 11.3 Å². The highest BCUT2D eigenvalue weighted by Gasteiger charge is 2.16. The van der Waals surface area contributed by atoms with Crippen molar-refractivity contribution in [2.24, 2.45) is 5.10 Å². The van der Waals surface area contributed by atoms with Gasteiger partial charge in [0.25, 0.3) is 5.56 Å². The van der Waals surface area contributed by atoms with Crippen molar-refractivity contribution in [2.45, 2.75) is 13.8 Å². The summed E-state index contributed by atoms with van der Waals surface area (Å²) in [5.74, 6) is 0.627. The maximum Gasteiger partial charge on any atom is 0.282 e. The fraction of sp³-hybridized carbons (Fsp3) is 0.0769. The van der Waals surface area contributed by atoms with E-state index in [-0.39, 0.29) is 5.56 Å². The Kier molecular flexibility index (Phi) is 4.74. The molecule has 4 heterocycles. The molecule has 0 radical (unpaired) electrons. The number of aromatic nitrogens is 4. The quantitative estimate of drug-likeness (QED) is 0.320. The fourth-order valence-electron chi connectivity index (χ4n) is 3.92. The Morgan fingerprint density at radius 3 is 2.68 bits per heavy atom. The second-order valence-corrected chi connectivity index (χ2v) is 9.17. The Balaban J connectivity index is 1.49. The van der Waals surface area contributed by atoms with Gasteiger partial charge in [0.1, 0.15) is 22.4 Å². The zero-order chi connectivity index (χ0) is 23.2. The predicted octanol–water partition coefficient (Wildman–Crippen LogP) is 5.56. The van der Waals surface area contributed by atoms with E-state index in [4.69, 9.17) is 9.52 Å². The number of para-hydroxylation sites is 2. The van der Waals surface area contributed by atoms with Crippen LogP contribution in [0, 0.1) is 13.8 Å². The van der Waals surface area contributed by atoms with E-state index in [2.05, 4.69) is 10.1 Å². The van der Waals surface area contributed by atoms with Gasteiger partial charge in [-0.2, -0.15) is 14.9 Å². The van der Waals surface area contributed by atoms with Crippen LogP contribution in [0.4, 0.5) is 0 Å². The van der Waals surface area contributed by atoms with Crippen LogP contribution < -0.4 is 5.56 Å². The highest BCUT2D eigenvalue weighted by atomic mass is 32.1. The van der Waals surface area contributed by atoms with Crippen LogP contribution in [0.5, 0.6) is 0 Å². The summed E-state index contributed by atoms with van der Waals surface area (Å²) in [5, 5.41) is 10.8. The average molecular weight is 466 g/mol. The normalized spacial score (nSPS) is 11.8. The van der Waals surface area contributed by atoms with E-state index in [0.29, 0.717) is 22.4 Å². The molecule has 0 N–H and O–H groups in total. The highest BCUT2D eigenvalue weighted by Crippen LogP contribution is 2.29. The minimum Gasteiger partial charge on any atom is -0.454 e. The monoisotopic (exact) mass is 465 g/mol. The SMILES string of the molecule is Cc1sc2ncn(/N=C/c3cn(-c4ccccc4)nc3-c3cc4ccccc4o3)c(=O)c2c1C. The minimum atomic E-state index is -0.191. The molecule has 8 heteroatoms. The first-order valence-electron chi connectivity index (χ1n) is 10.7. The van der Waals surface area contributed by atoms with Gasteiger partial charge in [0.2, 0.25) is 0 Å². The second kappa shape index (κ2) is 7.93. The predicted molar refractivity (Wildman–Crippen MR) is 135 cm³/mol. The van der Waals surface area contributed by atoms with Crippen molar-refractivity contribution < 1.29 is 4.42 Å². The van der Waals surface area contributed by atoms with E-state index in [0.717, 1.165) is 31.9 Å². The van der Waals surface area contributed by atoms with Crippen LogP contribution in [0.15, 0.2) is 87.5 Å².